The molecule has 0 fully saturated rings. The molecular weight excluding hydrogens is 302 g/mol. The summed E-state index contributed by atoms with van der Waals surface area (Å²) < 4.78 is 0. The van der Waals surface area contributed by atoms with Gasteiger partial charge in [0.05, 0.1) is 0 Å². The quantitative estimate of drug-likeness (QED) is 0.860. The highest BCUT2D eigenvalue weighted by Crippen LogP contribution is 2.18. The van der Waals surface area contributed by atoms with Crippen molar-refractivity contribution in [2.45, 2.75) is 27.2 Å². The molecule has 2 amide bonds. The van der Waals surface area contributed by atoms with Crippen molar-refractivity contribution in [1.29, 1.82) is 0 Å². The maximum absolute atomic E-state index is 12.4. The van der Waals surface area contributed by atoms with Gasteiger partial charge in [-0.2, -0.15) is 0 Å². The number of likely N-dealkylation sites (N-methyl/N-ethyl adjacent to an activating group) is 1. The van der Waals surface area contributed by atoms with Crippen LogP contribution in [-0.2, 0) is 16.0 Å². The zero-order chi connectivity index (χ0) is 17.5. The lowest BCUT2D eigenvalue weighted by atomic mass is 10.1. The highest BCUT2D eigenvalue weighted by molar-refractivity contribution is 6.39. The van der Waals surface area contributed by atoms with Crippen LogP contribution in [0.3, 0.4) is 0 Å². The molecule has 1 N–H and O–H groups in total. The van der Waals surface area contributed by atoms with Gasteiger partial charge in [0.25, 0.3) is 0 Å². The van der Waals surface area contributed by atoms with Gasteiger partial charge < -0.3 is 10.2 Å². The molecular formula is C19H23N3O2. The summed E-state index contributed by atoms with van der Waals surface area (Å²) in [7, 11) is 0. The number of hydrogen-bond donors (Lipinski definition) is 1. The van der Waals surface area contributed by atoms with Crippen molar-refractivity contribution in [3.63, 3.8) is 0 Å². The highest BCUT2D eigenvalue weighted by Gasteiger charge is 2.21. The average Bonchev–Trinajstić information content (AvgIpc) is 2.60. The lowest BCUT2D eigenvalue weighted by Crippen LogP contribution is -2.40. The Labute approximate surface area is 142 Å². The minimum Gasteiger partial charge on any atom is -0.334 e. The Hall–Kier alpha value is -2.69. The fourth-order valence-electron chi connectivity index (χ4n) is 2.42. The molecule has 24 heavy (non-hydrogen) atoms. The number of anilines is 1. The van der Waals surface area contributed by atoms with Crippen molar-refractivity contribution in [2.24, 2.45) is 0 Å². The number of pyridine rings is 1. The molecule has 0 radical (unpaired) electrons. The minimum atomic E-state index is -0.597. The Balaban J connectivity index is 1.99. The summed E-state index contributed by atoms with van der Waals surface area (Å²) in [5.41, 5.74) is 3.81. The Bertz CT molecular complexity index is 714. The topological polar surface area (TPSA) is 62.3 Å². The van der Waals surface area contributed by atoms with E-state index in [9.17, 15) is 9.59 Å². The fourth-order valence-corrected chi connectivity index (χ4v) is 2.42. The summed E-state index contributed by atoms with van der Waals surface area (Å²) in [5.74, 6) is -1.10. The molecule has 2 aromatic rings. The summed E-state index contributed by atoms with van der Waals surface area (Å²) in [5, 5.41) is 2.72. The molecule has 0 aliphatic rings. The van der Waals surface area contributed by atoms with Crippen LogP contribution in [0.2, 0.25) is 0 Å². The van der Waals surface area contributed by atoms with Crippen LogP contribution in [0.25, 0.3) is 0 Å². The molecule has 1 aromatic heterocycles. The minimum absolute atomic E-state index is 0.490. The van der Waals surface area contributed by atoms with Crippen molar-refractivity contribution >= 4 is 17.5 Å². The summed E-state index contributed by atoms with van der Waals surface area (Å²) in [6.45, 7) is 6.76. The predicted molar refractivity (Wildman–Crippen MR) is 94.7 cm³/mol. The Kier molecular flexibility index (Phi) is 6.07. The molecule has 5 nitrogen and oxygen atoms in total. The number of nitrogens with one attached hydrogen (secondary N) is 1. The van der Waals surface area contributed by atoms with Crippen LogP contribution in [0, 0.1) is 13.8 Å². The van der Waals surface area contributed by atoms with Gasteiger partial charge in [0.2, 0.25) is 0 Å². The normalized spacial score (nSPS) is 10.3. The molecule has 2 rings (SSSR count). The summed E-state index contributed by atoms with van der Waals surface area (Å²) in [6, 6.07) is 9.47. The highest BCUT2D eigenvalue weighted by atomic mass is 16.2. The third-order valence-corrected chi connectivity index (χ3v) is 4.14. The van der Waals surface area contributed by atoms with E-state index >= 15 is 0 Å². The molecule has 0 aliphatic heterocycles. The molecule has 1 aromatic carbocycles. The van der Waals surface area contributed by atoms with Gasteiger partial charge in [-0.3, -0.25) is 14.6 Å². The van der Waals surface area contributed by atoms with E-state index in [0.29, 0.717) is 25.2 Å². The second kappa shape index (κ2) is 8.24. The lowest BCUT2D eigenvalue weighted by Gasteiger charge is -2.20. The first-order valence-electron chi connectivity index (χ1n) is 8.08. The second-order valence-corrected chi connectivity index (χ2v) is 5.69. The van der Waals surface area contributed by atoms with Crippen molar-refractivity contribution in [2.75, 3.05) is 18.4 Å². The monoisotopic (exact) mass is 325 g/mol. The predicted octanol–water partition coefficient (Wildman–Crippen LogP) is 2.73. The molecule has 5 heteroatoms. The first kappa shape index (κ1) is 17.7. The maximum Gasteiger partial charge on any atom is 0.313 e. The number of aromatic nitrogens is 1. The van der Waals surface area contributed by atoms with Gasteiger partial charge in [-0.1, -0.05) is 12.1 Å². The van der Waals surface area contributed by atoms with Gasteiger partial charge in [-0.25, -0.2) is 0 Å². The summed E-state index contributed by atoms with van der Waals surface area (Å²) in [6.07, 6.45) is 4.14. The van der Waals surface area contributed by atoms with Crippen LogP contribution in [0.15, 0.2) is 42.7 Å². The van der Waals surface area contributed by atoms with Gasteiger partial charge in [-0.15, -0.1) is 0 Å². The van der Waals surface area contributed by atoms with Crippen molar-refractivity contribution in [3.05, 3.63) is 59.4 Å². The van der Waals surface area contributed by atoms with Gasteiger partial charge >= 0.3 is 11.8 Å². The van der Waals surface area contributed by atoms with E-state index in [1.54, 1.807) is 23.4 Å². The average molecular weight is 325 g/mol. The number of amides is 2. The zero-order valence-electron chi connectivity index (χ0n) is 14.4. The van der Waals surface area contributed by atoms with E-state index in [4.69, 9.17) is 0 Å². The van der Waals surface area contributed by atoms with Crippen molar-refractivity contribution in [1.82, 2.24) is 9.88 Å². The lowest BCUT2D eigenvalue weighted by molar-refractivity contribution is -0.143. The SMILES string of the molecule is CCN(CCc1ccncc1)C(=O)C(=O)Nc1cccc(C)c1C. The number of nitrogens with zero attached hydrogens (tertiary/aromatic N) is 2. The Morgan fingerprint density at radius 3 is 2.50 bits per heavy atom. The van der Waals surface area contributed by atoms with Crippen LogP contribution in [0.4, 0.5) is 5.69 Å². The van der Waals surface area contributed by atoms with Crippen molar-refractivity contribution < 1.29 is 9.59 Å². The fraction of sp³-hybridized carbons (Fsp3) is 0.316. The molecule has 0 atom stereocenters. The molecule has 0 saturated carbocycles. The Morgan fingerprint density at radius 2 is 1.83 bits per heavy atom. The first-order valence-corrected chi connectivity index (χ1v) is 8.08. The molecule has 0 spiro atoms. The van der Waals surface area contributed by atoms with Gasteiger partial charge in [0.1, 0.15) is 0 Å². The third-order valence-electron chi connectivity index (χ3n) is 4.14. The molecule has 1 heterocycles. The van der Waals surface area contributed by atoms with E-state index in [1.165, 1.54) is 0 Å². The standard InChI is InChI=1S/C19H23N3O2/c1-4-22(13-10-16-8-11-20-12-9-16)19(24)18(23)21-17-7-5-6-14(2)15(17)3/h5-9,11-12H,4,10,13H2,1-3H3,(H,21,23). The number of benzene rings is 1. The smallest absolute Gasteiger partial charge is 0.313 e. The van der Waals surface area contributed by atoms with Crippen LogP contribution in [-0.4, -0.2) is 34.8 Å². The molecule has 0 saturated heterocycles. The van der Waals surface area contributed by atoms with E-state index in [1.807, 2.05) is 45.0 Å². The molecule has 0 bridgehead atoms. The summed E-state index contributed by atoms with van der Waals surface area (Å²) >= 11 is 0. The van der Waals surface area contributed by atoms with Crippen LogP contribution in [0.1, 0.15) is 23.6 Å². The van der Waals surface area contributed by atoms with Crippen LogP contribution in [0.5, 0.6) is 0 Å². The van der Waals surface area contributed by atoms with Crippen LogP contribution >= 0.6 is 0 Å². The molecule has 0 aliphatic carbocycles. The molecule has 0 unspecified atom stereocenters. The molecule has 126 valence electrons. The summed E-state index contributed by atoms with van der Waals surface area (Å²) in [4.78, 5) is 30.2. The number of carbonyl (C=O) groups excluding carboxylic acids is 2. The van der Waals surface area contributed by atoms with E-state index in [-0.39, 0.29) is 0 Å². The first-order chi connectivity index (χ1) is 11.5. The van der Waals surface area contributed by atoms with Gasteiger partial charge in [-0.05, 0) is 62.1 Å². The third kappa shape index (κ3) is 4.41. The van der Waals surface area contributed by atoms with Crippen LogP contribution < -0.4 is 5.32 Å². The largest absolute Gasteiger partial charge is 0.334 e. The number of carbonyl (C=O) groups is 2. The number of aryl methyl sites for hydroxylation is 1. The van der Waals surface area contributed by atoms with E-state index in [2.05, 4.69) is 10.3 Å². The second-order valence-electron chi connectivity index (χ2n) is 5.69. The van der Waals surface area contributed by atoms with Crippen molar-refractivity contribution in [3.8, 4) is 0 Å². The van der Waals surface area contributed by atoms with Gasteiger partial charge in [0.15, 0.2) is 0 Å². The maximum atomic E-state index is 12.4. The zero-order valence-corrected chi connectivity index (χ0v) is 14.4. The van der Waals surface area contributed by atoms with Gasteiger partial charge in [0, 0.05) is 31.2 Å². The number of rotatable bonds is 5. The number of hydrogen-bond acceptors (Lipinski definition) is 3. The van der Waals surface area contributed by atoms with E-state index < -0.39 is 11.8 Å². The Morgan fingerprint density at radius 1 is 1.12 bits per heavy atom. The van der Waals surface area contributed by atoms with E-state index in [0.717, 1.165) is 16.7 Å².